The first-order chi connectivity index (χ1) is 8.97. The SMILES string of the molecule is Cc1cc(Cl)ccc1N[C@H]1CCN(C(=O)O)C[C@H]1C. The number of hydrogen-bond acceptors (Lipinski definition) is 2. The van der Waals surface area contributed by atoms with E-state index in [1.165, 1.54) is 4.90 Å². The Bertz CT molecular complexity index is 479. The number of hydrogen-bond donors (Lipinski definition) is 2. The Hall–Kier alpha value is -1.42. The molecule has 2 atom stereocenters. The molecule has 1 amide bonds. The minimum Gasteiger partial charge on any atom is -0.465 e. The molecule has 1 heterocycles. The summed E-state index contributed by atoms with van der Waals surface area (Å²) in [7, 11) is 0. The molecule has 1 aromatic rings. The van der Waals surface area contributed by atoms with Crippen molar-refractivity contribution in [2.24, 2.45) is 5.92 Å². The molecule has 104 valence electrons. The van der Waals surface area contributed by atoms with Crippen LogP contribution in [0, 0.1) is 12.8 Å². The van der Waals surface area contributed by atoms with Crippen molar-refractivity contribution in [3.05, 3.63) is 28.8 Å². The van der Waals surface area contributed by atoms with E-state index in [1.54, 1.807) is 0 Å². The van der Waals surface area contributed by atoms with Crippen molar-refractivity contribution in [1.29, 1.82) is 0 Å². The van der Waals surface area contributed by atoms with Crippen LogP contribution < -0.4 is 5.32 Å². The molecule has 0 radical (unpaired) electrons. The lowest BCUT2D eigenvalue weighted by molar-refractivity contribution is 0.119. The highest BCUT2D eigenvalue weighted by Crippen LogP contribution is 2.25. The van der Waals surface area contributed by atoms with Crippen LogP contribution in [0.4, 0.5) is 10.5 Å². The molecule has 1 saturated heterocycles. The van der Waals surface area contributed by atoms with Gasteiger partial charge in [0.25, 0.3) is 0 Å². The topological polar surface area (TPSA) is 52.6 Å². The zero-order chi connectivity index (χ0) is 14.0. The van der Waals surface area contributed by atoms with E-state index in [4.69, 9.17) is 16.7 Å². The fraction of sp³-hybridized carbons (Fsp3) is 0.500. The third-order valence-corrected chi connectivity index (χ3v) is 3.94. The predicted octanol–water partition coefficient (Wildman–Crippen LogP) is 3.45. The van der Waals surface area contributed by atoms with E-state index in [0.29, 0.717) is 25.0 Å². The lowest BCUT2D eigenvalue weighted by atomic mass is 9.93. The molecular formula is C14H19ClN2O2. The number of carbonyl (C=O) groups is 1. The Kier molecular flexibility index (Phi) is 4.20. The van der Waals surface area contributed by atoms with Crippen molar-refractivity contribution >= 4 is 23.4 Å². The van der Waals surface area contributed by atoms with Crippen molar-refractivity contribution in [2.45, 2.75) is 26.3 Å². The first-order valence-corrected chi connectivity index (χ1v) is 6.85. The number of likely N-dealkylation sites (tertiary alicyclic amines) is 1. The second-order valence-electron chi connectivity index (χ2n) is 5.20. The highest BCUT2D eigenvalue weighted by Gasteiger charge is 2.28. The van der Waals surface area contributed by atoms with E-state index in [9.17, 15) is 4.79 Å². The number of amides is 1. The monoisotopic (exact) mass is 282 g/mol. The lowest BCUT2D eigenvalue weighted by Crippen LogP contribution is -2.47. The zero-order valence-electron chi connectivity index (χ0n) is 11.2. The molecule has 1 fully saturated rings. The van der Waals surface area contributed by atoms with E-state index in [2.05, 4.69) is 12.2 Å². The van der Waals surface area contributed by atoms with Crippen molar-refractivity contribution in [3.8, 4) is 0 Å². The molecule has 1 aliphatic heterocycles. The Morgan fingerprint density at radius 2 is 2.26 bits per heavy atom. The first-order valence-electron chi connectivity index (χ1n) is 6.48. The van der Waals surface area contributed by atoms with Gasteiger partial charge in [0, 0.05) is 29.8 Å². The Morgan fingerprint density at radius 3 is 2.84 bits per heavy atom. The normalized spacial score (nSPS) is 23.2. The van der Waals surface area contributed by atoms with Gasteiger partial charge in [0.05, 0.1) is 0 Å². The van der Waals surface area contributed by atoms with Crippen LogP contribution in [-0.4, -0.2) is 35.2 Å². The molecular weight excluding hydrogens is 264 g/mol. The number of piperidine rings is 1. The van der Waals surface area contributed by atoms with Crippen molar-refractivity contribution in [1.82, 2.24) is 4.90 Å². The van der Waals surface area contributed by atoms with Gasteiger partial charge in [0.1, 0.15) is 0 Å². The fourth-order valence-corrected chi connectivity index (χ4v) is 2.75. The summed E-state index contributed by atoms with van der Waals surface area (Å²) in [4.78, 5) is 12.4. The molecule has 1 aromatic carbocycles. The van der Waals surface area contributed by atoms with Crippen LogP contribution in [0.25, 0.3) is 0 Å². The molecule has 2 rings (SSSR count). The highest BCUT2D eigenvalue weighted by molar-refractivity contribution is 6.30. The van der Waals surface area contributed by atoms with Gasteiger partial charge in [-0.2, -0.15) is 0 Å². The Labute approximate surface area is 118 Å². The summed E-state index contributed by atoms with van der Waals surface area (Å²) in [6.07, 6.45) is 0.00295. The van der Waals surface area contributed by atoms with Gasteiger partial charge in [-0.3, -0.25) is 0 Å². The first kappa shape index (κ1) is 14.0. The molecule has 1 aliphatic rings. The predicted molar refractivity (Wildman–Crippen MR) is 77.0 cm³/mol. The van der Waals surface area contributed by atoms with E-state index < -0.39 is 6.09 Å². The van der Waals surface area contributed by atoms with Crippen LogP contribution in [0.15, 0.2) is 18.2 Å². The van der Waals surface area contributed by atoms with E-state index >= 15 is 0 Å². The van der Waals surface area contributed by atoms with Crippen LogP contribution in [-0.2, 0) is 0 Å². The molecule has 0 bridgehead atoms. The second-order valence-corrected chi connectivity index (χ2v) is 5.64. The van der Waals surface area contributed by atoms with Gasteiger partial charge < -0.3 is 15.3 Å². The van der Waals surface area contributed by atoms with Gasteiger partial charge >= 0.3 is 6.09 Å². The van der Waals surface area contributed by atoms with Gasteiger partial charge in [-0.25, -0.2) is 4.79 Å². The van der Waals surface area contributed by atoms with Crippen molar-refractivity contribution in [2.75, 3.05) is 18.4 Å². The van der Waals surface area contributed by atoms with Gasteiger partial charge in [-0.05, 0) is 43.0 Å². The van der Waals surface area contributed by atoms with Gasteiger partial charge in [0.2, 0.25) is 0 Å². The van der Waals surface area contributed by atoms with E-state index in [1.807, 2.05) is 25.1 Å². The maximum absolute atomic E-state index is 10.9. The summed E-state index contributed by atoms with van der Waals surface area (Å²) in [5.74, 6) is 0.292. The van der Waals surface area contributed by atoms with Crippen LogP contribution in [0.2, 0.25) is 5.02 Å². The standard InChI is InChI=1S/C14H19ClN2O2/c1-9-7-11(15)3-4-12(9)16-13-5-6-17(14(18)19)8-10(13)2/h3-4,7,10,13,16H,5-6,8H2,1-2H3,(H,18,19)/t10-,13+/m1/s1. The largest absolute Gasteiger partial charge is 0.465 e. The maximum atomic E-state index is 10.9. The summed E-state index contributed by atoms with van der Waals surface area (Å²) in [6, 6.07) is 6.08. The molecule has 0 spiro atoms. The quantitative estimate of drug-likeness (QED) is 0.873. The minimum atomic E-state index is -0.826. The molecule has 0 aromatic heterocycles. The molecule has 0 unspecified atom stereocenters. The van der Waals surface area contributed by atoms with Crippen LogP contribution in [0.1, 0.15) is 18.9 Å². The highest BCUT2D eigenvalue weighted by atomic mass is 35.5. The molecule has 19 heavy (non-hydrogen) atoms. The van der Waals surface area contributed by atoms with E-state index in [0.717, 1.165) is 22.7 Å². The summed E-state index contributed by atoms with van der Waals surface area (Å²) in [6.45, 7) is 5.27. The molecule has 5 heteroatoms. The number of anilines is 1. The maximum Gasteiger partial charge on any atom is 0.407 e. The van der Waals surface area contributed by atoms with E-state index in [-0.39, 0.29) is 0 Å². The van der Waals surface area contributed by atoms with Gasteiger partial charge in [-0.1, -0.05) is 18.5 Å². The lowest BCUT2D eigenvalue weighted by Gasteiger charge is -2.36. The zero-order valence-corrected chi connectivity index (χ0v) is 11.9. The summed E-state index contributed by atoms with van der Waals surface area (Å²) < 4.78 is 0. The summed E-state index contributed by atoms with van der Waals surface area (Å²) in [5.41, 5.74) is 2.19. The third kappa shape index (κ3) is 3.32. The van der Waals surface area contributed by atoms with Crippen molar-refractivity contribution < 1.29 is 9.90 Å². The number of halogens is 1. The number of rotatable bonds is 2. The second kappa shape index (κ2) is 5.70. The molecule has 2 N–H and O–H groups in total. The third-order valence-electron chi connectivity index (χ3n) is 3.71. The fourth-order valence-electron chi connectivity index (χ4n) is 2.52. The summed E-state index contributed by atoms with van der Waals surface area (Å²) >= 11 is 5.94. The number of nitrogens with one attached hydrogen (secondary N) is 1. The summed E-state index contributed by atoms with van der Waals surface area (Å²) in [5, 5.41) is 13.2. The number of nitrogens with zero attached hydrogens (tertiary/aromatic N) is 1. The van der Waals surface area contributed by atoms with Crippen LogP contribution in [0.3, 0.4) is 0 Å². The molecule has 0 saturated carbocycles. The molecule has 0 aliphatic carbocycles. The average molecular weight is 283 g/mol. The number of aryl methyl sites for hydroxylation is 1. The smallest absolute Gasteiger partial charge is 0.407 e. The minimum absolute atomic E-state index is 0.292. The Balaban J connectivity index is 2.02. The van der Waals surface area contributed by atoms with Crippen LogP contribution in [0.5, 0.6) is 0 Å². The van der Waals surface area contributed by atoms with Crippen molar-refractivity contribution in [3.63, 3.8) is 0 Å². The van der Waals surface area contributed by atoms with Crippen LogP contribution >= 0.6 is 11.6 Å². The van der Waals surface area contributed by atoms with Gasteiger partial charge in [-0.15, -0.1) is 0 Å². The number of carboxylic acid groups (broad SMARTS) is 1. The Morgan fingerprint density at radius 1 is 1.53 bits per heavy atom. The molecule has 4 nitrogen and oxygen atoms in total. The number of benzene rings is 1. The average Bonchev–Trinajstić information content (AvgIpc) is 2.34. The van der Waals surface area contributed by atoms with Gasteiger partial charge in [0.15, 0.2) is 0 Å².